The molecular formula is C10H9N3O3S. The van der Waals surface area contributed by atoms with Crippen molar-refractivity contribution in [3.8, 4) is 11.5 Å². The molecule has 0 atom stereocenters. The van der Waals surface area contributed by atoms with Gasteiger partial charge in [0.05, 0.1) is 18.9 Å². The van der Waals surface area contributed by atoms with Crippen molar-refractivity contribution in [2.75, 3.05) is 12.4 Å². The number of phenolic OH excluding ortho intramolecular Hbond substituents is 1. The summed E-state index contributed by atoms with van der Waals surface area (Å²) < 4.78 is 8.54. The number of methoxy groups -OCH3 is 1. The Balaban J connectivity index is 2.19. The van der Waals surface area contributed by atoms with E-state index in [1.807, 2.05) is 0 Å². The second-order valence-electron chi connectivity index (χ2n) is 3.12. The lowest BCUT2D eigenvalue weighted by Gasteiger charge is -2.06. The van der Waals surface area contributed by atoms with Crippen molar-refractivity contribution in [1.29, 1.82) is 0 Å². The van der Waals surface area contributed by atoms with Crippen molar-refractivity contribution in [1.82, 2.24) is 9.59 Å². The van der Waals surface area contributed by atoms with E-state index in [1.165, 1.54) is 25.4 Å². The third kappa shape index (κ3) is 2.51. The topological polar surface area (TPSA) is 84.3 Å². The molecule has 0 aliphatic rings. The summed E-state index contributed by atoms with van der Waals surface area (Å²) in [7, 11) is 1.48. The van der Waals surface area contributed by atoms with Crippen LogP contribution in [0.2, 0.25) is 0 Å². The summed E-state index contributed by atoms with van der Waals surface area (Å²) in [5.41, 5.74) is 0.166. The van der Waals surface area contributed by atoms with Crippen LogP contribution in [-0.2, 0) is 0 Å². The van der Waals surface area contributed by atoms with Gasteiger partial charge in [-0.3, -0.25) is 4.79 Å². The molecule has 0 fully saturated rings. The van der Waals surface area contributed by atoms with Crippen LogP contribution in [0.4, 0.5) is 5.00 Å². The number of nitrogens with zero attached hydrogens (tertiary/aromatic N) is 2. The molecule has 88 valence electrons. The summed E-state index contributed by atoms with van der Waals surface area (Å²) >= 11 is 1.06. The molecule has 2 aromatic rings. The van der Waals surface area contributed by atoms with Gasteiger partial charge in [-0.25, -0.2) is 0 Å². The van der Waals surface area contributed by atoms with E-state index in [-0.39, 0.29) is 11.3 Å². The average molecular weight is 251 g/mol. The van der Waals surface area contributed by atoms with Gasteiger partial charge in [-0.05, 0) is 12.1 Å². The number of benzene rings is 1. The Morgan fingerprint density at radius 3 is 2.94 bits per heavy atom. The second kappa shape index (κ2) is 4.79. The van der Waals surface area contributed by atoms with Crippen molar-refractivity contribution >= 4 is 22.4 Å². The Morgan fingerprint density at radius 1 is 1.53 bits per heavy atom. The molecule has 1 aromatic heterocycles. The predicted octanol–water partition coefficient (Wildman–Crippen LogP) is 1.50. The van der Waals surface area contributed by atoms with E-state index in [2.05, 4.69) is 14.9 Å². The number of anilines is 1. The van der Waals surface area contributed by atoms with Crippen molar-refractivity contribution in [2.45, 2.75) is 0 Å². The minimum Gasteiger partial charge on any atom is -0.507 e. The Kier molecular flexibility index (Phi) is 3.20. The number of amides is 1. The van der Waals surface area contributed by atoms with Gasteiger partial charge in [0.25, 0.3) is 5.91 Å². The van der Waals surface area contributed by atoms with Gasteiger partial charge in [0.1, 0.15) is 16.5 Å². The zero-order valence-corrected chi connectivity index (χ0v) is 9.69. The number of carbonyl (C=O) groups is 1. The first-order valence-corrected chi connectivity index (χ1v) is 5.44. The van der Waals surface area contributed by atoms with Gasteiger partial charge in [-0.2, -0.15) is 0 Å². The summed E-state index contributed by atoms with van der Waals surface area (Å²) in [6.45, 7) is 0. The van der Waals surface area contributed by atoms with Gasteiger partial charge < -0.3 is 15.2 Å². The molecular weight excluding hydrogens is 242 g/mol. The summed E-state index contributed by atoms with van der Waals surface area (Å²) in [5, 5.41) is 16.3. The van der Waals surface area contributed by atoms with Gasteiger partial charge in [0.15, 0.2) is 0 Å². The molecule has 0 spiro atoms. The number of rotatable bonds is 3. The van der Waals surface area contributed by atoms with E-state index in [1.54, 1.807) is 6.07 Å². The maximum atomic E-state index is 11.8. The van der Waals surface area contributed by atoms with E-state index in [0.717, 1.165) is 11.5 Å². The Morgan fingerprint density at radius 2 is 2.35 bits per heavy atom. The van der Waals surface area contributed by atoms with Crippen LogP contribution in [0.1, 0.15) is 10.4 Å². The minimum absolute atomic E-state index is 0.140. The van der Waals surface area contributed by atoms with Crippen LogP contribution in [0.5, 0.6) is 11.5 Å². The molecule has 0 radical (unpaired) electrons. The van der Waals surface area contributed by atoms with Crippen LogP contribution >= 0.6 is 11.5 Å². The zero-order chi connectivity index (χ0) is 12.3. The molecule has 1 amide bonds. The largest absolute Gasteiger partial charge is 0.507 e. The number of hydrogen-bond donors (Lipinski definition) is 2. The first kappa shape index (κ1) is 11.3. The molecule has 1 heterocycles. The lowest BCUT2D eigenvalue weighted by Crippen LogP contribution is -2.11. The maximum absolute atomic E-state index is 11.8. The second-order valence-corrected chi connectivity index (χ2v) is 3.90. The molecule has 6 nitrogen and oxygen atoms in total. The number of carbonyl (C=O) groups excluding carboxylic acids is 1. The third-order valence-electron chi connectivity index (χ3n) is 2.05. The molecule has 17 heavy (non-hydrogen) atoms. The summed E-state index contributed by atoms with van der Waals surface area (Å²) in [6.07, 6.45) is 1.43. The molecule has 2 rings (SSSR count). The lowest BCUT2D eigenvalue weighted by atomic mass is 10.2. The fraction of sp³-hybridized carbons (Fsp3) is 0.100. The Hall–Kier alpha value is -2.15. The van der Waals surface area contributed by atoms with E-state index in [9.17, 15) is 9.90 Å². The number of hydrogen-bond acceptors (Lipinski definition) is 6. The summed E-state index contributed by atoms with van der Waals surface area (Å²) in [6, 6.07) is 4.46. The first-order valence-electron chi connectivity index (χ1n) is 4.66. The van der Waals surface area contributed by atoms with Crippen molar-refractivity contribution in [3.05, 3.63) is 30.0 Å². The standard InChI is InChI=1S/C10H9N3O3S/c1-16-6-2-3-7(8(14)4-6)10(15)12-9-5-11-13-17-9/h2-5,14H,1H3,(H,12,15). The lowest BCUT2D eigenvalue weighted by molar-refractivity contribution is 0.102. The van der Waals surface area contributed by atoms with Gasteiger partial charge in [-0.15, -0.1) is 5.10 Å². The third-order valence-corrected chi connectivity index (χ3v) is 2.63. The quantitative estimate of drug-likeness (QED) is 0.863. The molecule has 0 saturated carbocycles. The highest BCUT2D eigenvalue weighted by atomic mass is 32.1. The monoisotopic (exact) mass is 251 g/mol. The smallest absolute Gasteiger partial charge is 0.260 e. The molecule has 0 bridgehead atoms. The van der Waals surface area contributed by atoms with Crippen LogP contribution in [0.3, 0.4) is 0 Å². The van der Waals surface area contributed by atoms with Crippen LogP contribution in [0, 0.1) is 0 Å². The average Bonchev–Trinajstić information content (AvgIpc) is 2.81. The molecule has 0 unspecified atom stereocenters. The zero-order valence-electron chi connectivity index (χ0n) is 8.88. The highest BCUT2D eigenvalue weighted by molar-refractivity contribution is 7.10. The number of phenols is 1. The van der Waals surface area contributed by atoms with Crippen LogP contribution < -0.4 is 10.1 Å². The maximum Gasteiger partial charge on any atom is 0.260 e. The van der Waals surface area contributed by atoms with E-state index in [0.29, 0.717) is 10.8 Å². The number of ether oxygens (including phenoxy) is 1. The normalized spacial score (nSPS) is 9.94. The molecule has 7 heteroatoms. The SMILES string of the molecule is COc1ccc(C(=O)Nc2cnns2)c(O)c1. The Bertz CT molecular complexity index is 528. The fourth-order valence-electron chi connectivity index (χ4n) is 1.23. The highest BCUT2D eigenvalue weighted by Crippen LogP contribution is 2.24. The van der Waals surface area contributed by atoms with E-state index >= 15 is 0 Å². The first-order chi connectivity index (χ1) is 8.20. The number of aromatic hydroxyl groups is 1. The predicted molar refractivity (Wildman–Crippen MR) is 62.5 cm³/mol. The van der Waals surface area contributed by atoms with Gasteiger partial charge in [0.2, 0.25) is 0 Å². The van der Waals surface area contributed by atoms with Gasteiger partial charge in [-0.1, -0.05) is 4.49 Å². The van der Waals surface area contributed by atoms with Crippen molar-refractivity contribution in [3.63, 3.8) is 0 Å². The Labute approximate surface area is 101 Å². The van der Waals surface area contributed by atoms with Crippen LogP contribution in [0.25, 0.3) is 0 Å². The molecule has 2 N–H and O–H groups in total. The van der Waals surface area contributed by atoms with Crippen LogP contribution in [-0.4, -0.2) is 27.7 Å². The van der Waals surface area contributed by atoms with E-state index in [4.69, 9.17) is 4.74 Å². The van der Waals surface area contributed by atoms with Crippen molar-refractivity contribution < 1.29 is 14.6 Å². The fourth-order valence-corrected chi connectivity index (χ4v) is 1.65. The van der Waals surface area contributed by atoms with Crippen LogP contribution in [0.15, 0.2) is 24.4 Å². The summed E-state index contributed by atoms with van der Waals surface area (Å²) in [4.78, 5) is 11.8. The van der Waals surface area contributed by atoms with Gasteiger partial charge in [0, 0.05) is 17.6 Å². The molecule has 1 aromatic carbocycles. The van der Waals surface area contributed by atoms with Crippen molar-refractivity contribution in [2.24, 2.45) is 0 Å². The molecule has 0 saturated heterocycles. The summed E-state index contributed by atoms with van der Waals surface area (Å²) in [5.74, 6) is -0.0750. The molecule has 0 aliphatic carbocycles. The number of nitrogens with one attached hydrogen (secondary N) is 1. The highest BCUT2D eigenvalue weighted by Gasteiger charge is 2.12. The molecule has 0 aliphatic heterocycles. The van der Waals surface area contributed by atoms with Gasteiger partial charge >= 0.3 is 0 Å². The minimum atomic E-state index is -0.420. The number of aromatic nitrogens is 2. The van der Waals surface area contributed by atoms with E-state index < -0.39 is 5.91 Å².